The van der Waals surface area contributed by atoms with Gasteiger partial charge in [0.15, 0.2) is 0 Å². The molecule has 0 heterocycles. The van der Waals surface area contributed by atoms with Gasteiger partial charge < -0.3 is 10.1 Å². The Kier molecular flexibility index (Phi) is 7.66. The van der Waals surface area contributed by atoms with E-state index in [9.17, 15) is 0 Å². The molecular formula is C19H31NO. The van der Waals surface area contributed by atoms with E-state index in [1.165, 1.54) is 63.5 Å². The van der Waals surface area contributed by atoms with E-state index in [1.807, 2.05) is 0 Å². The van der Waals surface area contributed by atoms with Gasteiger partial charge in [0.1, 0.15) is 12.4 Å². The molecule has 1 aromatic carbocycles. The molecule has 0 aliphatic heterocycles. The topological polar surface area (TPSA) is 21.3 Å². The second-order valence-electron chi connectivity index (χ2n) is 6.30. The minimum Gasteiger partial charge on any atom is -0.492 e. The summed E-state index contributed by atoms with van der Waals surface area (Å²) in [6.07, 6.45) is 10.8. The maximum atomic E-state index is 5.79. The molecule has 1 aliphatic carbocycles. The van der Waals surface area contributed by atoms with Gasteiger partial charge >= 0.3 is 0 Å². The van der Waals surface area contributed by atoms with E-state index in [0.29, 0.717) is 0 Å². The maximum Gasteiger partial charge on any atom is 0.119 e. The summed E-state index contributed by atoms with van der Waals surface area (Å²) in [7, 11) is 0. The Labute approximate surface area is 130 Å². The fourth-order valence-electron chi connectivity index (χ4n) is 3.07. The Balaban J connectivity index is 1.55. The van der Waals surface area contributed by atoms with Crippen LogP contribution in [0.4, 0.5) is 0 Å². The van der Waals surface area contributed by atoms with E-state index in [2.05, 4.69) is 36.5 Å². The summed E-state index contributed by atoms with van der Waals surface area (Å²) in [6.45, 7) is 5.12. The van der Waals surface area contributed by atoms with Crippen LogP contribution >= 0.6 is 0 Å². The van der Waals surface area contributed by atoms with E-state index in [1.54, 1.807) is 0 Å². The predicted molar refractivity (Wildman–Crippen MR) is 90.0 cm³/mol. The van der Waals surface area contributed by atoms with Gasteiger partial charge in [-0.25, -0.2) is 0 Å². The lowest BCUT2D eigenvalue weighted by atomic mass is 9.89. The molecular weight excluding hydrogens is 258 g/mol. The molecule has 0 amide bonds. The molecule has 0 saturated heterocycles. The van der Waals surface area contributed by atoms with Crippen molar-refractivity contribution in [2.24, 2.45) is 5.92 Å². The average molecular weight is 289 g/mol. The number of hydrogen-bond acceptors (Lipinski definition) is 2. The fourth-order valence-corrected chi connectivity index (χ4v) is 3.07. The van der Waals surface area contributed by atoms with Crippen molar-refractivity contribution >= 4 is 0 Å². The van der Waals surface area contributed by atoms with Gasteiger partial charge in [-0.2, -0.15) is 0 Å². The summed E-state index contributed by atoms with van der Waals surface area (Å²) < 4.78 is 5.79. The van der Waals surface area contributed by atoms with Crippen molar-refractivity contribution < 1.29 is 4.74 Å². The standard InChI is InChI=1S/C19H31NO/c1-2-3-7-17-10-12-19(13-11-17)21-15-14-20-16-18-8-5-4-6-9-18/h10-13,18,20H,2-9,14-16H2,1H3. The number of hydrogen-bond donors (Lipinski definition) is 1. The Morgan fingerprint density at radius 1 is 1.10 bits per heavy atom. The van der Waals surface area contributed by atoms with Crippen LogP contribution in [0.15, 0.2) is 24.3 Å². The zero-order valence-corrected chi connectivity index (χ0v) is 13.6. The molecule has 2 nitrogen and oxygen atoms in total. The van der Waals surface area contributed by atoms with Crippen molar-refractivity contribution in [3.05, 3.63) is 29.8 Å². The molecule has 1 aliphatic rings. The lowest BCUT2D eigenvalue weighted by molar-refractivity contribution is 0.294. The minimum atomic E-state index is 0.765. The van der Waals surface area contributed by atoms with Crippen molar-refractivity contribution in [3.63, 3.8) is 0 Å². The SMILES string of the molecule is CCCCc1ccc(OCCNCC2CCCCC2)cc1. The van der Waals surface area contributed by atoms with Crippen LogP contribution in [0.3, 0.4) is 0 Å². The molecule has 0 spiro atoms. The molecule has 2 rings (SSSR count). The van der Waals surface area contributed by atoms with Gasteiger partial charge in [-0.3, -0.25) is 0 Å². The molecule has 0 aromatic heterocycles. The molecule has 118 valence electrons. The van der Waals surface area contributed by atoms with Crippen molar-refractivity contribution in [3.8, 4) is 5.75 Å². The third-order valence-corrected chi connectivity index (χ3v) is 4.45. The lowest BCUT2D eigenvalue weighted by Gasteiger charge is -2.21. The van der Waals surface area contributed by atoms with Gasteiger partial charge in [0.2, 0.25) is 0 Å². The summed E-state index contributed by atoms with van der Waals surface area (Å²) in [5.41, 5.74) is 1.42. The van der Waals surface area contributed by atoms with Crippen LogP contribution in [-0.2, 0) is 6.42 Å². The van der Waals surface area contributed by atoms with Crippen LogP contribution in [0.1, 0.15) is 57.4 Å². The molecule has 0 bridgehead atoms. The normalized spacial score (nSPS) is 16.0. The van der Waals surface area contributed by atoms with Crippen molar-refractivity contribution in [2.75, 3.05) is 19.7 Å². The van der Waals surface area contributed by atoms with Crippen molar-refractivity contribution in [1.29, 1.82) is 0 Å². The average Bonchev–Trinajstić information content (AvgIpc) is 2.55. The molecule has 2 heteroatoms. The van der Waals surface area contributed by atoms with Gasteiger partial charge in [-0.05, 0) is 55.8 Å². The smallest absolute Gasteiger partial charge is 0.119 e. The Morgan fingerprint density at radius 2 is 1.86 bits per heavy atom. The highest BCUT2D eigenvalue weighted by Gasteiger charge is 2.12. The Morgan fingerprint density at radius 3 is 2.57 bits per heavy atom. The highest BCUT2D eigenvalue weighted by molar-refractivity contribution is 5.27. The maximum absolute atomic E-state index is 5.79. The summed E-state index contributed by atoms with van der Waals surface area (Å²) in [5.74, 6) is 1.89. The first-order valence-corrected chi connectivity index (χ1v) is 8.81. The van der Waals surface area contributed by atoms with Gasteiger partial charge in [0.25, 0.3) is 0 Å². The zero-order chi connectivity index (χ0) is 14.8. The molecule has 0 atom stereocenters. The molecule has 0 radical (unpaired) electrons. The summed E-state index contributed by atoms with van der Waals surface area (Å²) in [6, 6.07) is 8.60. The van der Waals surface area contributed by atoms with E-state index >= 15 is 0 Å². The van der Waals surface area contributed by atoms with Gasteiger partial charge in [-0.15, -0.1) is 0 Å². The number of aryl methyl sites for hydroxylation is 1. The molecule has 0 unspecified atom stereocenters. The lowest BCUT2D eigenvalue weighted by Crippen LogP contribution is -2.28. The molecule has 1 N–H and O–H groups in total. The fraction of sp³-hybridized carbons (Fsp3) is 0.684. The van der Waals surface area contributed by atoms with E-state index in [4.69, 9.17) is 4.74 Å². The largest absolute Gasteiger partial charge is 0.492 e. The first-order chi connectivity index (χ1) is 10.4. The molecule has 1 aromatic rings. The minimum absolute atomic E-state index is 0.765. The van der Waals surface area contributed by atoms with Crippen molar-refractivity contribution in [2.45, 2.75) is 58.3 Å². The van der Waals surface area contributed by atoms with E-state index in [-0.39, 0.29) is 0 Å². The number of rotatable bonds is 9. The number of nitrogens with one attached hydrogen (secondary N) is 1. The number of ether oxygens (including phenoxy) is 1. The van der Waals surface area contributed by atoms with Gasteiger partial charge in [-0.1, -0.05) is 44.7 Å². The number of unbranched alkanes of at least 4 members (excludes halogenated alkanes) is 1. The van der Waals surface area contributed by atoms with Gasteiger partial charge in [0.05, 0.1) is 0 Å². The molecule has 21 heavy (non-hydrogen) atoms. The Hall–Kier alpha value is -1.02. The summed E-state index contributed by atoms with van der Waals surface area (Å²) >= 11 is 0. The van der Waals surface area contributed by atoms with Crippen LogP contribution in [-0.4, -0.2) is 19.7 Å². The second kappa shape index (κ2) is 9.83. The quantitative estimate of drug-likeness (QED) is 0.672. The second-order valence-corrected chi connectivity index (χ2v) is 6.30. The van der Waals surface area contributed by atoms with Crippen LogP contribution in [0.2, 0.25) is 0 Å². The number of benzene rings is 1. The van der Waals surface area contributed by atoms with E-state index < -0.39 is 0 Å². The first kappa shape index (κ1) is 16.4. The summed E-state index contributed by atoms with van der Waals surface area (Å²) in [4.78, 5) is 0. The first-order valence-electron chi connectivity index (χ1n) is 8.81. The highest BCUT2D eigenvalue weighted by Crippen LogP contribution is 2.22. The predicted octanol–water partition coefficient (Wildman–Crippen LogP) is 4.58. The third-order valence-electron chi connectivity index (χ3n) is 4.45. The summed E-state index contributed by atoms with van der Waals surface area (Å²) in [5, 5.41) is 3.54. The van der Waals surface area contributed by atoms with Crippen LogP contribution < -0.4 is 10.1 Å². The van der Waals surface area contributed by atoms with Crippen LogP contribution in [0.5, 0.6) is 5.75 Å². The van der Waals surface area contributed by atoms with Crippen LogP contribution in [0.25, 0.3) is 0 Å². The molecule has 1 saturated carbocycles. The van der Waals surface area contributed by atoms with Gasteiger partial charge in [0, 0.05) is 6.54 Å². The highest BCUT2D eigenvalue weighted by atomic mass is 16.5. The molecule has 1 fully saturated rings. The van der Waals surface area contributed by atoms with Crippen LogP contribution in [0, 0.1) is 5.92 Å². The monoisotopic (exact) mass is 289 g/mol. The zero-order valence-electron chi connectivity index (χ0n) is 13.6. The van der Waals surface area contributed by atoms with Crippen molar-refractivity contribution in [1.82, 2.24) is 5.32 Å². The Bertz CT molecular complexity index is 368. The third kappa shape index (κ3) is 6.52. The van der Waals surface area contributed by atoms with E-state index in [0.717, 1.165) is 24.8 Å².